The number of carbonyl (C=O) groups is 2. The van der Waals surface area contributed by atoms with Gasteiger partial charge in [0.1, 0.15) is 9.84 Å². The number of carbonyl (C=O) groups excluding carboxylic acids is 2. The van der Waals surface area contributed by atoms with Crippen LogP contribution in [0.3, 0.4) is 0 Å². The van der Waals surface area contributed by atoms with Crippen molar-refractivity contribution in [2.45, 2.75) is 43.9 Å². The van der Waals surface area contributed by atoms with Crippen LogP contribution in [0.5, 0.6) is 0 Å². The number of likely N-dealkylation sites (tertiary alicyclic amines) is 1. The maximum Gasteiger partial charge on any atom is 0.251 e. The molecule has 1 aliphatic heterocycles. The van der Waals surface area contributed by atoms with Gasteiger partial charge >= 0.3 is 0 Å². The first-order valence-electron chi connectivity index (χ1n) is 8.60. The molecular formula is C18H26N2O4S. The molecule has 138 valence electrons. The van der Waals surface area contributed by atoms with Crippen LogP contribution in [0.2, 0.25) is 0 Å². The van der Waals surface area contributed by atoms with Crippen LogP contribution in [-0.2, 0) is 14.6 Å². The zero-order valence-electron chi connectivity index (χ0n) is 14.8. The highest BCUT2D eigenvalue weighted by atomic mass is 32.2. The number of hydrogen-bond donors (Lipinski definition) is 1. The van der Waals surface area contributed by atoms with Crippen LogP contribution >= 0.6 is 0 Å². The Morgan fingerprint density at radius 2 is 1.88 bits per heavy atom. The van der Waals surface area contributed by atoms with Crippen molar-refractivity contribution in [3.63, 3.8) is 0 Å². The van der Waals surface area contributed by atoms with Gasteiger partial charge in [0.2, 0.25) is 5.91 Å². The summed E-state index contributed by atoms with van der Waals surface area (Å²) in [5.74, 6) is -0.246. The molecule has 0 radical (unpaired) electrons. The number of nitrogens with one attached hydrogen (secondary N) is 1. The minimum Gasteiger partial charge on any atom is -0.349 e. The smallest absolute Gasteiger partial charge is 0.251 e. The van der Waals surface area contributed by atoms with E-state index in [1.807, 2.05) is 6.07 Å². The van der Waals surface area contributed by atoms with Gasteiger partial charge in [-0.3, -0.25) is 9.59 Å². The lowest BCUT2D eigenvalue weighted by atomic mass is 10.1. The van der Waals surface area contributed by atoms with E-state index in [0.717, 1.165) is 0 Å². The highest BCUT2D eigenvalue weighted by Crippen LogP contribution is 2.18. The van der Waals surface area contributed by atoms with Crippen LogP contribution in [0.15, 0.2) is 30.3 Å². The van der Waals surface area contributed by atoms with E-state index in [-0.39, 0.29) is 29.5 Å². The minimum atomic E-state index is -3.06. The fourth-order valence-electron chi connectivity index (χ4n) is 3.08. The number of nitrogens with zero attached hydrogens (tertiary/aromatic N) is 1. The summed E-state index contributed by atoms with van der Waals surface area (Å²) in [6, 6.07) is 8.59. The molecule has 0 aliphatic carbocycles. The van der Waals surface area contributed by atoms with Gasteiger partial charge in [0.25, 0.3) is 5.91 Å². The summed E-state index contributed by atoms with van der Waals surface area (Å²) in [6.45, 7) is 2.83. The summed E-state index contributed by atoms with van der Waals surface area (Å²) < 4.78 is 23.4. The summed E-state index contributed by atoms with van der Waals surface area (Å²) in [4.78, 5) is 26.3. The largest absolute Gasteiger partial charge is 0.349 e. The van der Waals surface area contributed by atoms with Crippen molar-refractivity contribution in [1.82, 2.24) is 10.2 Å². The van der Waals surface area contributed by atoms with Crippen LogP contribution in [0, 0.1) is 0 Å². The molecule has 0 bridgehead atoms. The molecule has 2 amide bonds. The second kappa shape index (κ2) is 8.47. The van der Waals surface area contributed by atoms with Crippen molar-refractivity contribution in [3.8, 4) is 0 Å². The monoisotopic (exact) mass is 366 g/mol. The Morgan fingerprint density at radius 3 is 2.52 bits per heavy atom. The Bertz CT molecular complexity index is 703. The number of rotatable bonds is 5. The molecule has 2 atom stereocenters. The van der Waals surface area contributed by atoms with E-state index in [4.69, 9.17) is 0 Å². The molecule has 25 heavy (non-hydrogen) atoms. The highest BCUT2D eigenvalue weighted by molar-refractivity contribution is 7.91. The van der Waals surface area contributed by atoms with Gasteiger partial charge < -0.3 is 10.2 Å². The average molecular weight is 366 g/mol. The molecule has 1 fully saturated rings. The van der Waals surface area contributed by atoms with E-state index in [0.29, 0.717) is 37.9 Å². The predicted molar refractivity (Wildman–Crippen MR) is 97.1 cm³/mol. The van der Waals surface area contributed by atoms with Crippen LogP contribution in [0.25, 0.3) is 0 Å². The molecule has 0 unspecified atom stereocenters. The van der Waals surface area contributed by atoms with Gasteiger partial charge in [-0.1, -0.05) is 18.2 Å². The van der Waals surface area contributed by atoms with Crippen molar-refractivity contribution < 1.29 is 18.0 Å². The van der Waals surface area contributed by atoms with Gasteiger partial charge in [-0.05, 0) is 38.3 Å². The Kier molecular flexibility index (Phi) is 6.58. The molecule has 1 aromatic carbocycles. The summed E-state index contributed by atoms with van der Waals surface area (Å²) >= 11 is 0. The third kappa shape index (κ3) is 5.85. The SMILES string of the molecule is C[C@H](CC(=O)N1CCC[C@H](S(C)(=O)=O)CC1)NC(=O)c1ccccc1. The van der Waals surface area contributed by atoms with Crippen molar-refractivity contribution in [2.75, 3.05) is 19.3 Å². The van der Waals surface area contributed by atoms with E-state index in [9.17, 15) is 18.0 Å². The molecule has 7 heteroatoms. The zero-order valence-corrected chi connectivity index (χ0v) is 15.6. The molecule has 6 nitrogen and oxygen atoms in total. The molecule has 1 heterocycles. The third-order valence-corrected chi connectivity index (χ3v) is 6.21. The lowest BCUT2D eigenvalue weighted by molar-refractivity contribution is -0.131. The zero-order chi connectivity index (χ0) is 18.4. The second-order valence-corrected chi connectivity index (χ2v) is 9.03. The molecular weight excluding hydrogens is 340 g/mol. The van der Waals surface area contributed by atoms with E-state index >= 15 is 0 Å². The van der Waals surface area contributed by atoms with Crippen molar-refractivity contribution in [2.24, 2.45) is 0 Å². The van der Waals surface area contributed by atoms with Crippen LogP contribution in [0.1, 0.15) is 43.0 Å². The van der Waals surface area contributed by atoms with E-state index in [1.165, 1.54) is 6.26 Å². The molecule has 0 spiro atoms. The van der Waals surface area contributed by atoms with Crippen LogP contribution in [0.4, 0.5) is 0 Å². The van der Waals surface area contributed by atoms with Crippen molar-refractivity contribution >= 4 is 21.7 Å². The Balaban J connectivity index is 1.85. The Morgan fingerprint density at radius 1 is 1.20 bits per heavy atom. The molecule has 0 saturated carbocycles. The quantitative estimate of drug-likeness (QED) is 0.858. The first-order valence-corrected chi connectivity index (χ1v) is 10.6. The van der Waals surface area contributed by atoms with Crippen molar-refractivity contribution in [1.29, 1.82) is 0 Å². The van der Waals surface area contributed by atoms with E-state index < -0.39 is 9.84 Å². The highest BCUT2D eigenvalue weighted by Gasteiger charge is 2.27. The summed E-state index contributed by atoms with van der Waals surface area (Å²) in [5.41, 5.74) is 0.563. The molecule has 1 saturated heterocycles. The van der Waals surface area contributed by atoms with Gasteiger partial charge in [0, 0.05) is 37.4 Å². The van der Waals surface area contributed by atoms with Gasteiger partial charge in [0.15, 0.2) is 0 Å². The van der Waals surface area contributed by atoms with Gasteiger partial charge in [-0.2, -0.15) is 0 Å². The number of amides is 2. The molecule has 1 aliphatic rings. The number of sulfone groups is 1. The second-order valence-electron chi connectivity index (χ2n) is 6.71. The first-order chi connectivity index (χ1) is 11.8. The molecule has 0 aromatic heterocycles. The predicted octanol–water partition coefficient (Wildman–Crippen LogP) is 1.62. The van der Waals surface area contributed by atoms with E-state index in [2.05, 4.69) is 5.32 Å². The average Bonchev–Trinajstić information content (AvgIpc) is 2.81. The van der Waals surface area contributed by atoms with Crippen molar-refractivity contribution in [3.05, 3.63) is 35.9 Å². The molecule has 1 aromatic rings. The maximum atomic E-state index is 12.5. The molecule has 1 N–H and O–H groups in total. The third-order valence-electron chi connectivity index (χ3n) is 4.53. The van der Waals surface area contributed by atoms with Gasteiger partial charge in [-0.25, -0.2) is 8.42 Å². The van der Waals surface area contributed by atoms with Crippen LogP contribution < -0.4 is 5.32 Å². The lowest BCUT2D eigenvalue weighted by Gasteiger charge is -2.23. The fraction of sp³-hybridized carbons (Fsp3) is 0.556. The topological polar surface area (TPSA) is 83.6 Å². The lowest BCUT2D eigenvalue weighted by Crippen LogP contribution is -2.39. The molecule has 2 rings (SSSR count). The number of benzene rings is 1. The van der Waals surface area contributed by atoms with Crippen LogP contribution in [-0.4, -0.2) is 55.8 Å². The Hall–Kier alpha value is -1.89. The summed E-state index contributed by atoms with van der Waals surface area (Å²) in [5, 5.41) is 2.47. The summed E-state index contributed by atoms with van der Waals surface area (Å²) in [7, 11) is -3.06. The standard InChI is InChI=1S/C18H26N2O4S/c1-14(19-18(22)15-7-4-3-5-8-15)13-17(21)20-11-6-9-16(10-12-20)25(2,23)24/h3-5,7-8,14,16H,6,9-13H2,1-2H3,(H,19,22)/t14-,16+/m1/s1. The Labute approximate surface area is 149 Å². The normalized spacial score (nSPS) is 19.8. The summed E-state index contributed by atoms with van der Waals surface area (Å²) in [6.07, 6.45) is 3.24. The van der Waals surface area contributed by atoms with E-state index in [1.54, 1.807) is 36.1 Å². The van der Waals surface area contributed by atoms with Gasteiger partial charge in [-0.15, -0.1) is 0 Å². The fourth-order valence-corrected chi connectivity index (χ4v) is 4.21. The number of hydrogen-bond acceptors (Lipinski definition) is 4. The minimum absolute atomic E-state index is 0.0463. The first kappa shape index (κ1) is 19.4. The van der Waals surface area contributed by atoms with Gasteiger partial charge in [0.05, 0.1) is 5.25 Å². The maximum absolute atomic E-state index is 12.5.